The number of rotatable bonds is 5. The molecule has 2 N–H and O–H groups in total. The summed E-state index contributed by atoms with van der Waals surface area (Å²) in [5.74, 6) is -0.844. The van der Waals surface area contributed by atoms with Gasteiger partial charge in [0, 0.05) is 27.9 Å². The lowest BCUT2D eigenvalue weighted by Gasteiger charge is -2.09. The number of non-ortho nitro benzene ring substituents is 1. The van der Waals surface area contributed by atoms with E-state index in [9.17, 15) is 19.7 Å². The van der Waals surface area contributed by atoms with E-state index in [1.54, 1.807) is 12.1 Å². The minimum absolute atomic E-state index is 0.102. The summed E-state index contributed by atoms with van der Waals surface area (Å²) in [5.41, 5.74) is 1.69. The second kappa shape index (κ2) is 7.69. The summed E-state index contributed by atoms with van der Waals surface area (Å²) in [5, 5.41) is 15.7. The van der Waals surface area contributed by atoms with Crippen molar-refractivity contribution in [1.82, 2.24) is 5.32 Å². The molecule has 0 aliphatic heterocycles. The van der Waals surface area contributed by atoms with Gasteiger partial charge < -0.3 is 10.6 Å². The number of aryl methyl sites for hydroxylation is 1. The molecule has 0 aliphatic rings. The summed E-state index contributed by atoms with van der Waals surface area (Å²) in [4.78, 5) is 33.9. The van der Waals surface area contributed by atoms with Crippen molar-refractivity contribution in [3.8, 4) is 0 Å². The SMILES string of the molecule is Cc1cc(Br)ccc1NC(=O)CNC(=O)c1ccc([N+](=O)[O-])cc1. The van der Waals surface area contributed by atoms with Crippen molar-refractivity contribution in [3.05, 3.63) is 68.2 Å². The van der Waals surface area contributed by atoms with Crippen LogP contribution in [0, 0.1) is 17.0 Å². The van der Waals surface area contributed by atoms with Gasteiger partial charge in [-0.3, -0.25) is 19.7 Å². The second-order valence-electron chi connectivity index (χ2n) is 4.99. The van der Waals surface area contributed by atoms with Crippen molar-refractivity contribution in [3.63, 3.8) is 0 Å². The third kappa shape index (κ3) is 4.63. The van der Waals surface area contributed by atoms with Gasteiger partial charge >= 0.3 is 0 Å². The molecule has 0 unspecified atom stereocenters. The van der Waals surface area contributed by atoms with Crippen LogP contribution in [0.5, 0.6) is 0 Å². The van der Waals surface area contributed by atoms with Crippen molar-refractivity contribution >= 4 is 39.1 Å². The summed E-state index contributed by atoms with van der Waals surface area (Å²) >= 11 is 3.34. The van der Waals surface area contributed by atoms with E-state index in [2.05, 4.69) is 26.6 Å². The van der Waals surface area contributed by atoms with Crippen LogP contribution in [0.2, 0.25) is 0 Å². The fraction of sp³-hybridized carbons (Fsp3) is 0.125. The van der Waals surface area contributed by atoms with E-state index in [-0.39, 0.29) is 23.7 Å². The predicted molar refractivity (Wildman–Crippen MR) is 92.9 cm³/mol. The molecule has 2 amide bonds. The molecular formula is C16H14BrN3O4. The Hall–Kier alpha value is -2.74. The van der Waals surface area contributed by atoms with E-state index < -0.39 is 10.8 Å². The van der Waals surface area contributed by atoms with Crippen LogP contribution in [0.25, 0.3) is 0 Å². The van der Waals surface area contributed by atoms with Crippen molar-refractivity contribution in [2.75, 3.05) is 11.9 Å². The quantitative estimate of drug-likeness (QED) is 0.603. The third-order valence-corrected chi connectivity index (χ3v) is 3.71. The molecule has 0 atom stereocenters. The number of nitro benzene ring substituents is 1. The Balaban J connectivity index is 1.91. The van der Waals surface area contributed by atoms with E-state index in [1.807, 2.05) is 13.0 Å². The van der Waals surface area contributed by atoms with E-state index >= 15 is 0 Å². The molecule has 2 rings (SSSR count). The van der Waals surface area contributed by atoms with Gasteiger partial charge in [-0.25, -0.2) is 0 Å². The largest absolute Gasteiger partial charge is 0.343 e. The number of anilines is 1. The van der Waals surface area contributed by atoms with Gasteiger partial charge in [0.1, 0.15) is 0 Å². The van der Waals surface area contributed by atoms with Crippen LogP contribution in [0.4, 0.5) is 11.4 Å². The molecule has 0 aromatic heterocycles. The van der Waals surface area contributed by atoms with E-state index in [0.29, 0.717) is 5.69 Å². The summed E-state index contributed by atoms with van der Waals surface area (Å²) in [6, 6.07) is 10.6. The fourth-order valence-electron chi connectivity index (χ4n) is 1.96. The lowest BCUT2D eigenvalue weighted by molar-refractivity contribution is -0.384. The molecule has 0 saturated carbocycles. The maximum absolute atomic E-state index is 11.9. The molecule has 8 heteroatoms. The summed E-state index contributed by atoms with van der Waals surface area (Å²) in [7, 11) is 0. The Bertz CT molecular complexity index is 790. The van der Waals surface area contributed by atoms with Crippen LogP contribution < -0.4 is 10.6 Å². The lowest BCUT2D eigenvalue weighted by atomic mass is 10.2. The third-order valence-electron chi connectivity index (χ3n) is 3.21. The molecule has 124 valence electrons. The first-order valence-corrected chi connectivity index (χ1v) is 7.75. The second-order valence-corrected chi connectivity index (χ2v) is 5.91. The Morgan fingerprint density at radius 3 is 2.42 bits per heavy atom. The molecule has 2 aromatic rings. The number of nitro groups is 1. The van der Waals surface area contributed by atoms with Crippen LogP contribution >= 0.6 is 15.9 Å². The number of carbonyl (C=O) groups is 2. The zero-order chi connectivity index (χ0) is 17.7. The van der Waals surface area contributed by atoms with Crippen LogP contribution in [0.1, 0.15) is 15.9 Å². The molecule has 0 saturated heterocycles. The summed E-state index contributed by atoms with van der Waals surface area (Å²) in [6.45, 7) is 1.65. The first-order chi connectivity index (χ1) is 11.4. The minimum Gasteiger partial charge on any atom is -0.343 e. The first kappa shape index (κ1) is 17.6. The van der Waals surface area contributed by atoms with Gasteiger partial charge in [-0.2, -0.15) is 0 Å². The van der Waals surface area contributed by atoms with E-state index in [0.717, 1.165) is 10.0 Å². The maximum atomic E-state index is 11.9. The lowest BCUT2D eigenvalue weighted by Crippen LogP contribution is -2.32. The highest BCUT2D eigenvalue weighted by Gasteiger charge is 2.11. The molecule has 0 radical (unpaired) electrons. The van der Waals surface area contributed by atoms with E-state index in [4.69, 9.17) is 0 Å². The molecule has 0 aliphatic carbocycles. The highest BCUT2D eigenvalue weighted by atomic mass is 79.9. The highest BCUT2D eigenvalue weighted by molar-refractivity contribution is 9.10. The number of hydrogen-bond acceptors (Lipinski definition) is 4. The Kier molecular flexibility index (Phi) is 5.64. The average molecular weight is 392 g/mol. The smallest absolute Gasteiger partial charge is 0.269 e. The summed E-state index contributed by atoms with van der Waals surface area (Å²) < 4.78 is 0.907. The van der Waals surface area contributed by atoms with Crippen LogP contribution in [0.3, 0.4) is 0 Å². The van der Waals surface area contributed by atoms with Gasteiger partial charge in [0.05, 0.1) is 11.5 Å². The number of benzene rings is 2. The molecule has 0 fully saturated rings. The summed E-state index contributed by atoms with van der Waals surface area (Å²) in [6.07, 6.45) is 0. The molecule has 0 heterocycles. The number of nitrogens with zero attached hydrogens (tertiary/aromatic N) is 1. The topological polar surface area (TPSA) is 101 Å². The molecular weight excluding hydrogens is 378 g/mol. The number of carbonyl (C=O) groups excluding carboxylic acids is 2. The number of hydrogen-bond donors (Lipinski definition) is 2. The van der Waals surface area contributed by atoms with Gasteiger partial charge in [-0.15, -0.1) is 0 Å². The molecule has 2 aromatic carbocycles. The van der Waals surface area contributed by atoms with Crippen molar-refractivity contribution in [2.45, 2.75) is 6.92 Å². The predicted octanol–water partition coefficient (Wildman–Crippen LogP) is 3.03. The maximum Gasteiger partial charge on any atom is 0.269 e. The molecule has 0 bridgehead atoms. The Labute approximate surface area is 146 Å². The van der Waals surface area contributed by atoms with Crippen LogP contribution in [-0.2, 0) is 4.79 Å². The monoisotopic (exact) mass is 391 g/mol. The molecule has 7 nitrogen and oxygen atoms in total. The molecule has 24 heavy (non-hydrogen) atoms. The van der Waals surface area contributed by atoms with Crippen LogP contribution in [-0.4, -0.2) is 23.3 Å². The fourth-order valence-corrected chi connectivity index (χ4v) is 2.43. The van der Waals surface area contributed by atoms with E-state index in [1.165, 1.54) is 24.3 Å². The Morgan fingerprint density at radius 2 is 1.83 bits per heavy atom. The van der Waals surface area contributed by atoms with Crippen molar-refractivity contribution in [2.24, 2.45) is 0 Å². The normalized spacial score (nSPS) is 10.1. The van der Waals surface area contributed by atoms with Crippen molar-refractivity contribution in [1.29, 1.82) is 0 Å². The zero-order valence-corrected chi connectivity index (χ0v) is 14.3. The zero-order valence-electron chi connectivity index (χ0n) is 12.7. The van der Waals surface area contributed by atoms with Gasteiger partial charge in [0.15, 0.2) is 0 Å². The molecule has 0 spiro atoms. The minimum atomic E-state index is -0.546. The highest BCUT2D eigenvalue weighted by Crippen LogP contribution is 2.19. The van der Waals surface area contributed by atoms with Gasteiger partial charge in [0.25, 0.3) is 11.6 Å². The first-order valence-electron chi connectivity index (χ1n) is 6.95. The van der Waals surface area contributed by atoms with Gasteiger partial charge in [-0.05, 0) is 42.8 Å². The van der Waals surface area contributed by atoms with Crippen molar-refractivity contribution < 1.29 is 14.5 Å². The number of halogens is 1. The number of nitrogens with one attached hydrogen (secondary N) is 2. The number of amides is 2. The Morgan fingerprint density at radius 1 is 1.17 bits per heavy atom. The standard InChI is InChI=1S/C16H14BrN3O4/c1-10-8-12(17)4-7-14(10)19-15(21)9-18-16(22)11-2-5-13(6-3-11)20(23)24/h2-8H,9H2,1H3,(H,18,22)(H,19,21). The van der Waals surface area contributed by atoms with Crippen LogP contribution in [0.15, 0.2) is 46.9 Å². The average Bonchev–Trinajstić information content (AvgIpc) is 2.55. The van der Waals surface area contributed by atoms with Gasteiger partial charge in [-0.1, -0.05) is 15.9 Å². The van der Waals surface area contributed by atoms with Gasteiger partial charge in [0.2, 0.25) is 5.91 Å².